The van der Waals surface area contributed by atoms with Gasteiger partial charge in [0.1, 0.15) is 10.4 Å². The van der Waals surface area contributed by atoms with E-state index in [1.165, 1.54) is 5.56 Å². The summed E-state index contributed by atoms with van der Waals surface area (Å²) in [6.07, 6.45) is 4.52. The van der Waals surface area contributed by atoms with Crippen LogP contribution in [0.4, 0.5) is 11.5 Å². The molecule has 0 saturated heterocycles. The molecule has 6 heteroatoms. The quantitative estimate of drug-likeness (QED) is 0.740. The smallest absolute Gasteiger partial charge is 0.294 e. The zero-order valence-electron chi connectivity index (χ0n) is 15.2. The first-order valence-electron chi connectivity index (χ1n) is 8.73. The van der Waals surface area contributed by atoms with Crippen LogP contribution in [-0.4, -0.2) is 23.2 Å². The van der Waals surface area contributed by atoms with Gasteiger partial charge in [0, 0.05) is 24.5 Å². The zero-order valence-corrected chi connectivity index (χ0v) is 16.8. The molecule has 134 valence electrons. The molecule has 0 bridgehead atoms. The van der Waals surface area contributed by atoms with Crippen molar-refractivity contribution in [2.45, 2.75) is 46.1 Å². The summed E-state index contributed by atoms with van der Waals surface area (Å²) in [4.78, 5) is 19.7. The molecule has 2 aromatic rings. The molecule has 1 aromatic carbocycles. The van der Waals surface area contributed by atoms with Gasteiger partial charge in [0.2, 0.25) is 5.82 Å². The van der Waals surface area contributed by atoms with Crippen molar-refractivity contribution in [2.75, 3.05) is 18.6 Å². The van der Waals surface area contributed by atoms with E-state index >= 15 is 0 Å². The van der Waals surface area contributed by atoms with Crippen LogP contribution in [0.1, 0.15) is 43.9 Å². The maximum atomic E-state index is 13.1. The van der Waals surface area contributed by atoms with Crippen LogP contribution < -0.4 is 15.2 Å². The second-order valence-electron chi connectivity index (χ2n) is 6.42. The fourth-order valence-corrected chi connectivity index (χ4v) is 4.05. The van der Waals surface area contributed by atoms with Gasteiger partial charge in [-0.05, 0) is 65.4 Å². The van der Waals surface area contributed by atoms with Crippen molar-refractivity contribution in [3.8, 4) is 5.75 Å². The lowest BCUT2D eigenvalue weighted by Crippen LogP contribution is -2.31. The summed E-state index contributed by atoms with van der Waals surface area (Å²) < 4.78 is 7.89. The van der Waals surface area contributed by atoms with E-state index in [0.717, 1.165) is 42.8 Å². The van der Waals surface area contributed by atoms with Crippen molar-refractivity contribution < 1.29 is 4.74 Å². The van der Waals surface area contributed by atoms with Crippen molar-refractivity contribution in [1.82, 2.24) is 9.55 Å². The van der Waals surface area contributed by atoms with Gasteiger partial charge in [-0.25, -0.2) is 4.98 Å². The van der Waals surface area contributed by atoms with Gasteiger partial charge < -0.3 is 14.2 Å². The number of benzene rings is 1. The van der Waals surface area contributed by atoms with Crippen molar-refractivity contribution in [2.24, 2.45) is 0 Å². The van der Waals surface area contributed by atoms with Crippen LogP contribution in [0.3, 0.4) is 0 Å². The third kappa shape index (κ3) is 3.19. The second-order valence-corrected chi connectivity index (χ2v) is 7.24. The number of rotatable bonds is 5. The number of methoxy groups -OCH3 is 1. The number of nitrogens with zero attached hydrogens (tertiary/aromatic N) is 3. The Labute approximate surface area is 156 Å². The number of aryl methyl sites for hydroxylation is 1. The molecule has 0 radical (unpaired) electrons. The zero-order chi connectivity index (χ0) is 18.1. The lowest BCUT2D eigenvalue weighted by atomic mass is 10.1. The van der Waals surface area contributed by atoms with Gasteiger partial charge in [-0.3, -0.25) is 4.79 Å². The molecule has 0 spiro atoms. The van der Waals surface area contributed by atoms with E-state index in [0.29, 0.717) is 10.4 Å². The average Bonchev–Trinajstić information content (AvgIpc) is 3.02. The third-order valence-electron chi connectivity index (χ3n) is 4.94. The lowest BCUT2D eigenvalue weighted by molar-refractivity contribution is 0.414. The monoisotopic (exact) mass is 405 g/mol. The number of fused-ring (bicyclic) bond motifs is 1. The molecule has 3 rings (SSSR count). The van der Waals surface area contributed by atoms with Crippen molar-refractivity contribution >= 4 is 27.4 Å². The first kappa shape index (κ1) is 18.0. The molecule has 25 heavy (non-hydrogen) atoms. The predicted octanol–water partition coefficient (Wildman–Crippen LogP) is 4.38. The van der Waals surface area contributed by atoms with E-state index in [-0.39, 0.29) is 11.6 Å². The Balaban J connectivity index is 2.13. The number of ether oxygens (including phenoxy) is 1. The van der Waals surface area contributed by atoms with E-state index in [1.807, 2.05) is 10.6 Å². The van der Waals surface area contributed by atoms with E-state index in [1.54, 1.807) is 13.3 Å². The lowest BCUT2D eigenvalue weighted by Gasteiger charge is -2.23. The van der Waals surface area contributed by atoms with Crippen LogP contribution in [0, 0.1) is 6.92 Å². The Morgan fingerprint density at radius 2 is 2.04 bits per heavy atom. The molecular formula is C19H24BrN3O2. The van der Waals surface area contributed by atoms with Crippen molar-refractivity contribution in [3.63, 3.8) is 0 Å². The largest absolute Gasteiger partial charge is 0.497 e. The van der Waals surface area contributed by atoms with Gasteiger partial charge in [-0.15, -0.1) is 0 Å². The summed E-state index contributed by atoms with van der Waals surface area (Å²) in [7, 11) is 1.68. The van der Waals surface area contributed by atoms with E-state index in [4.69, 9.17) is 4.74 Å². The van der Waals surface area contributed by atoms with Gasteiger partial charge in [0.15, 0.2) is 0 Å². The van der Waals surface area contributed by atoms with E-state index in [9.17, 15) is 4.79 Å². The van der Waals surface area contributed by atoms with Crippen LogP contribution in [0.15, 0.2) is 27.7 Å². The summed E-state index contributed by atoms with van der Waals surface area (Å²) in [5.74, 6) is 1.35. The first-order chi connectivity index (χ1) is 12.0. The van der Waals surface area contributed by atoms with Crippen molar-refractivity contribution in [1.29, 1.82) is 0 Å². The highest BCUT2D eigenvalue weighted by Gasteiger charge is 2.27. The summed E-state index contributed by atoms with van der Waals surface area (Å²) in [6, 6.07) is 4.25. The SMILES string of the molecule is CCC(CC)n1cc(Br)nc(N2CCc3cc(OC)cc(C)c32)c1=O. The van der Waals surface area contributed by atoms with Crippen LogP contribution >= 0.6 is 15.9 Å². The highest BCUT2D eigenvalue weighted by molar-refractivity contribution is 9.10. The molecule has 0 unspecified atom stereocenters. The Bertz CT molecular complexity index is 843. The second kappa shape index (κ2) is 7.20. The first-order valence-corrected chi connectivity index (χ1v) is 9.53. The summed E-state index contributed by atoms with van der Waals surface area (Å²) in [6.45, 7) is 7.02. The Hall–Kier alpha value is -1.82. The Morgan fingerprint density at radius 3 is 2.68 bits per heavy atom. The predicted molar refractivity (Wildman–Crippen MR) is 104 cm³/mol. The van der Waals surface area contributed by atoms with Gasteiger partial charge in [-0.1, -0.05) is 13.8 Å². The van der Waals surface area contributed by atoms with Gasteiger partial charge in [0.25, 0.3) is 5.56 Å². The number of hydrogen-bond donors (Lipinski definition) is 0. The Morgan fingerprint density at radius 1 is 1.32 bits per heavy atom. The molecule has 0 aliphatic carbocycles. The number of halogens is 1. The van der Waals surface area contributed by atoms with Gasteiger partial charge >= 0.3 is 0 Å². The molecule has 0 N–H and O–H groups in total. The third-order valence-corrected chi connectivity index (χ3v) is 5.32. The maximum Gasteiger partial charge on any atom is 0.294 e. The van der Waals surface area contributed by atoms with Crippen LogP contribution in [-0.2, 0) is 6.42 Å². The average molecular weight is 406 g/mol. The molecule has 1 aromatic heterocycles. The molecule has 2 heterocycles. The molecule has 1 aliphatic rings. The molecule has 1 aliphatic heterocycles. The Kier molecular flexibility index (Phi) is 5.18. The highest BCUT2D eigenvalue weighted by atomic mass is 79.9. The molecule has 5 nitrogen and oxygen atoms in total. The van der Waals surface area contributed by atoms with Crippen LogP contribution in [0.5, 0.6) is 5.75 Å². The fraction of sp³-hybridized carbons (Fsp3) is 0.474. The summed E-state index contributed by atoms with van der Waals surface area (Å²) >= 11 is 3.48. The molecular weight excluding hydrogens is 382 g/mol. The van der Waals surface area contributed by atoms with Gasteiger partial charge in [0.05, 0.1) is 7.11 Å². The number of aromatic nitrogens is 2. The molecule has 0 saturated carbocycles. The minimum atomic E-state index is -0.0278. The molecule has 0 atom stereocenters. The van der Waals surface area contributed by atoms with E-state index < -0.39 is 0 Å². The topological polar surface area (TPSA) is 47.4 Å². The number of anilines is 2. The van der Waals surface area contributed by atoms with E-state index in [2.05, 4.69) is 52.7 Å². The number of hydrogen-bond acceptors (Lipinski definition) is 4. The molecule has 0 amide bonds. The highest BCUT2D eigenvalue weighted by Crippen LogP contribution is 2.38. The van der Waals surface area contributed by atoms with Gasteiger partial charge in [-0.2, -0.15) is 0 Å². The summed E-state index contributed by atoms with van der Waals surface area (Å²) in [5, 5.41) is 0. The fourth-order valence-electron chi connectivity index (χ4n) is 3.66. The van der Waals surface area contributed by atoms with Crippen molar-refractivity contribution in [3.05, 3.63) is 44.4 Å². The summed E-state index contributed by atoms with van der Waals surface area (Å²) in [5.41, 5.74) is 3.36. The standard InChI is InChI=1S/C19H24BrN3O2/c1-5-14(6-2)23-11-16(20)21-18(19(23)24)22-8-7-13-10-15(25-4)9-12(3)17(13)22/h9-11,14H,5-8H2,1-4H3. The normalized spacial score (nSPS) is 13.4. The maximum absolute atomic E-state index is 13.1. The van der Waals surface area contributed by atoms with Crippen LogP contribution in [0.25, 0.3) is 0 Å². The minimum Gasteiger partial charge on any atom is -0.497 e. The van der Waals surface area contributed by atoms with Crippen LogP contribution in [0.2, 0.25) is 0 Å². The minimum absolute atomic E-state index is 0.0278. The molecule has 0 fully saturated rings.